The van der Waals surface area contributed by atoms with Crippen molar-refractivity contribution in [2.45, 2.75) is 71.1 Å². The molecule has 0 saturated carbocycles. The van der Waals surface area contributed by atoms with Gasteiger partial charge in [-0.05, 0) is 40.0 Å². The second kappa shape index (κ2) is 12.8. The Hall–Kier alpha value is -2.07. The molecule has 0 aromatic heterocycles. The van der Waals surface area contributed by atoms with Crippen LogP contribution in [0.25, 0.3) is 0 Å². The van der Waals surface area contributed by atoms with Crippen molar-refractivity contribution in [3.8, 4) is 0 Å². The minimum Gasteiger partial charge on any atom is -0.463 e. The number of rotatable bonds is 15. The molecule has 3 unspecified atom stereocenters. The second-order valence-corrected chi connectivity index (χ2v) is 8.89. The van der Waals surface area contributed by atoms with Crippen molar-refractivity contribution in [1.29, 1.82) is 0 Å². The summed E-state index contributed by atoms with van der Waals surface area (Å²) in [6, 6.07) is 0.785. The lowest BCUT2D eigenvalue weighted by Gasteiger charge is -2.27. The van der Waals surface area contributed by atoms with Gasteiger partial charge in [-0.2, -0.15) is 0 Å². The number of carbonyl (C=O) groups excluding carboxylic acids is 3. The number of nitrogens with one attached hydrogen (secondary N) is 2. The van der Waals surface area contributed by atoms with E-state index < -0.39 is 30.4 Å². The molecule has 2 fully saturated rings. The Morgan fingerprint density at radius 1 is 0.906 bits per heavy atom. The van der Waals surface area contributed by atoms with Crippen LogP contribution in [0.4, 0.5) is 9.59 Å². The van der Waals surface area contributed by atoms with Crippen LogP contribution < -0.4 is 10.6 Å². The number of nitrogens with zero attached hydrogens (tertiary/aromatic N) is 2. The van der Waals surface area contributed by atoms with Crippen LogP contribution in [-0.2, 0) is 19.0 Å². The van der Waals surface area contributed by atoms with E-state index in [-0.39, 0.29) is 6.61 Å². The number of esters is 1. The van der Waals surface area contributed by atoms with E-state index in [1.807, 2.05) is 6.92 Å². The summed E-state index contributed by atoms with van der Waals surface area (Å²) in [6.45, 7) is 12.6. The van der Waals surface area contributed by atoms with Crippen molar-refractivity contribution in [3.63, 3.8) is 0 Å². The molecule has 2 N–H and O–H groups in total. The molecule has 3 atom stereocenters. The van der Waals surface area contributed by atoms with Gasteiger partial charge in [-0.25, -0.2) is 14.4 Å². The fourth-order valence-electron chi connectivity index (χ4n) is 3.22. The van der Waals surface area contributed by atoms with Gasteiger partial charge in [-0.1, -0.05) is 13.3 Å². The van der Waals surface area contributed by atoms with E-state index in [1.54, 1.807) is 0 Å². The largest absolute Gasteiger partial charge is 0.463 e. The Labute approximate surface area is 191 Å². The molecular weight excluding hydrogens is 416 g/mol. The van der Waals surface area contributed by atoms with Crippen molar-refractivity contribution < 1.29 is 28.6 Å². The monoisotopic (exact) mass is 456 g/mol. The maximum atomic E-state index is 12.6. The first kappa shape index (κ1) is 26.2. The van der Waals surface area contributed by atoms with Crippen molar-refractivity contribution in [2.24, 2.45) is 0 Å². The molecule has 2 amide bonds. The smallest absolute Gasteiger partial charge is 0.408 e. The Bertz CT molecular complexity index is 626. The molecule has 2 rings (SSSR count). The number of ether oxygens (including phenoxy) is 3. The zero-order chi connectivity index (χ0) is 23.6. The van der Waals surface area contributed by atoms with Gasteiger partial charge in [0.25, 0.3) is 0 Å². The highest BCUT2D eigenvalue weighted by molar-refractivity contribution is 5.83. The molecular formula is C22H40N4O6. The summed E-state index contributed by atoms with van der Waals surface area (Å²) in [7, 11) is 0. The minimum atomic E-state index is -1.73. The van der Waals surface area contributed by atoms with Gasteiger partial charge < -0.3 is 24.8 Å². The van der Waals surface area contributed by atoms with Crippen LogP contribution >= 0.6 is 0 Å². The fourth-order valence-corrected chi connectivity index (χ4v) is 3.22. The van der Waals surface area contributed by atoms with Crippen LogP contribution in [0.15, 0.2) is 0 Å². The molecule has 0 aliphatic carbocycles. The van der Waals surface area contributed by atoms with Crippen molar-refractivity contribution >= 4 is 18.2 Å². The van der Waals surface area contributed by atoms with Crippen LogP contribution in [0, 0.1) is 0 Å². The van der Waals surface area contributed by atoms with E-state index in [4.69, 9.17) is 14.2 Å². The lowest BCUT2D eigenvalue weighted by Crippen LogP contribution is -2.49. The quantitative estimate of drug-likeness (QED) is 0.166. The Morgan fingerprint density at radius 3 is 1.94 bits per heavy atom. The van der Waals surface area contributed by atoms with E-state index in [0.717, 1.165) is 45.4 Å². The standard InChI is InChI=1S/C22H40N4O6/c1-5-6-15-30-19(27)22(4,32-21(29)24-10-8-18(3)26-13-14-26)16-31-20(28)23-9-7-17(2)25-11-12-25/h17-18H,5-16H2,1-4H3,(H,23,28)(H,24,29). The summed E-state index contributed by atoms with van der Waals surface area (Å²) < 4.78 is 15.8. The molecule has 0 radical (unpaired) electrons. The van der Waals surface area contributed by atoms with Crippen LogP contribution in [-0.4, -0.2) is 98.1 Å². The number of amides is 2. The molecule has 0 spiro atoms. The molecule has 0 aromatic carbocycles. The average molecular weight is 457 g/mol. The van der Waals surface area contributed by atoms with E-state index >= 15 is 0 Å². The van der Waals surface area contributed by atoms with Crippen molar-refractivity contribution in [3.05, 3.63) is 0 Å². The summed E-state index contributed by atoms with van der Waals surface area (Å²) in [6.07, 6.45) is 1.73. The van der Waals surface area contributed by atoms with Crippen LogP contribution in [0.5, 0.6) is 0 Å². The van der Waals surface area contributed by atoms with Crippen LogP contribution in [0.3, 0.4) is 0 Å². The average Bonchev–Trinajstić information content (AvgIpc) is 3.64. The number of hydrogen-bond acceptors (Lipinski definition) is 8. The third-order valence-electron chi connectivity index (χ3n) is 5.83. The zero-order valence-electron chi connectivity index (χ0n) is 20.0. The SMILES string of the molecule is CCCCOC(=O)C(C)(COC(=O)NCCC(C)N1CC1)OC(=O)NCCC(C)N1CC1. The first-order chi connectivity index (χ1) is 15.2. The van der Waals surface area contributed by atoms with E-state index in [0.29, 0.717) is 31.6 Å². The third kappa shape index (κ3) is 9.60. The maximum absolute atomic E-state index is 12.6. The molecule has 10 nitrogen and oxygen atoms in total. The lowest BCUT2D eigenvalue weighted by molar-refractivity contribution is -0.167. The first-order valence-electron chi connectivity index (χ1n) is 11.8. The highest BCUT2D eigenvalue weighted by Crippen LogP contribution is 2.16. The summed E-state index contributed by atoms with van der Waals surface area (Å²) in [5.41, 5.74) is -1.73. The number of hydrogen-bond donors (Lipinski definition) is 2. The van der Waals surface area contributed by atoms with Crippen molar-refractivity contribution in [1.82, 2.24) is 20.4 Å². The molecule has 32 heavy (non-hydrogen) atoms. The third-order valence-corrected chi connectivity index (χ3v) is 5.83. The van der Waals surface area contributed by atoms with Gasteiger partial charge in [-0.3, -0.25) is 9.80 Å². The van der Waals surface area contributed by atoms with Crippen LogP contribution in [0.1, 0.15) is 53.4 Å². The lowest BCUT2D eigenvalue weighted by atomic mass is 10.1. The Balaban J connectivity index is 1.78. The molecule has 0 aromatic rings. The molecule has 0 bridgehead atoms. The van der Waals surface area contributed by atoms with Gasteiger partial charge in [-0.15, -0.1) is 0 Å². The first-order valence-corrected chi connectivity index (χ1v) is 11.8. The van der Waals surface area contributed by atoms with E-state index in [1.165, 1.54) is 6.92 Å². The Kier molecular flexibility index (Phi) is 10.5. The minimum absolute atomic E-state index is 0.212. The summed E-state index contributed by atoms with van der Waals surface area (Å²) >= 11 is 0. The van der Waals surface area contributed by atoms with Gasteiger partial charge in [0, 0.05) is 51.4 Å². The summed E-state index contributed by atoms with van der Waals surface area (Å²) in [4.78, 5) is 41.6. The van der Waals surface area contributed by atoms with Gasteiger partial charge in [0.05, 0.1) is 6.61 Å². The fraction of sp³-hybridized carbons (Fsp3) is 0.864. The number of carbonyl (C=O) groups is 3. The maximum Gasteiger partial charge on any atom is 0.408 e. The highest BCUT2D eigenvalue weighted by Gasteiger charge is 2.41. The van der Waals surface area contributed by atoms with Crippen LogP contribution in [0.2, 0.25) is 0 Å². The van der Waals surface area contributed by atoms with E-state index in [2.05, 4.69) is 34.3 Å². The topological polar surface area (TPSA) is 109 Å². The Morgan fingerprint density at radius 2 is 1.44 bits per heavy atom. The second-order valence-electron chi connectivity index (χ2n) is 8.89. The summed E-state index contributed by atoms with van der Waals surface area (Å²) in [5, 5.41) is 5.34. The molecule has 2 aliphatic rings. The van der Waals surface area contributed by atoms with Crippen molar-refractivity contribution in [2.75, 3.05) is 52.5 Å². The van der Waals surface area contributed by atoms with Gasteiger partial charge in [0.2, 0.25) is 5.60 Å². The normalized spacial score (nSPS) is 19.2. The van der Waals surface area contributed by atoms with Gasteiger partial charge in [0.1, 0.15) is 6.61 Å². The zero-order valence-corrected chi connectivity index (χ0v) is 20.0. The van der Waals surface area contributed by atoms with E-state index in [9.17, 15) is 14.4 Å². The predicted molar refractivity (Wildman–Crippen MR) is 119 cm³/mol. The number of unbranched alkanes of at least 4 members (excludes halogenated alkanes) is 1. The predicted octanol–water partition coefficient (Wildman–Crippen LogP) is 1.73. The molecule has 184 valence electrons. The molecule has 2 aliphatic heterocycles. The molecule has 2 heterocycles. The molecule has 10 heteroatoms. The van der Waals surface area contributed by atoms with Gasteiger partial charge >= 0.3 is 18.2 Å². The number of alkyl carbamates (subject to hydrolysis) is 2. The van der Waals surface area contributed by atoms with Gasteiger partial charge in [0.15, 0.2) is 0 Å². The molecule has 2 saturated heterocycles. The summed E-state index contributed by atoms with van der Waals surface area (Å²) in [5.74, 6) is -0.735. The highest BCUT2D eigenvalue weighted by atomic mass is 16.6.